The predicted molar refractivity (Wildman–Crippen MR) is 84.6 cm³/mol. The van der Waals surface area contributed by atoms with Gasteiger partial charge in [-0.25, -0.2) is 0 Å². The molecule has 3 rings (SSSR count). The van der Waals surface area contributed by atoms with Crippen LogP contribution in [0.25, 0.3) is 0 Å². The van der Waals surface area contributed by atoms with E-state index in [1.807, 2.05) is 0 Å². The molecule has 2 unspecified atom stereocenters. The van der Waals surface area contributed by atoms with Crippen LogP contribution in [0.5, 0.6) is 0 Å². The maximum atomic E-state index is 6.21. The fourth-order valence-electron chi connectivity index (χ4n) is 4.81. The average Bonchev–Trinajstić information content (AvgIpc) is 2.83. The number of rotatable bonds is 2. The van der Waals surface area contributed by atoms with Crippen molar-refractivity contribution < 1.29 is 0 Å². The molecule has 1 aliphatic carbocycles. The molecule has 19 heavy (non-hydrogen) atoms. The van der Waals surface area contributed by atoms with Crippen molar-refractivity contribution in [1.82, 2.24) is 4.90 Å². The summed E-state index contributed by atoms with van der Waals surface area (Å²) in [6.07, 6.45) is 11.6. The van der Waals surface area contributed by atoms with E-state index in [1.165, 1.54) is 70.2 Å². The Labute approximate surface area is 122 Å². The van der Waals surface area contributed by atoms with Gasteiger partial charge in [0.25, 0.3) is 0 Å². The van der Waals surface area contributed by atoms with Gasteiger partial charge in [-0.15, -0.1) is 0 Å². The maximum absolute atomic E-state index is 6.21. The van der Waals surface area contributed by atoms with Gasteiger partial charge >= 0.3 is 0 Å². The second-order valence-electron chi connectivity index (χ2n) is 7.12. The first kappa shape index (κ1) is 14.2. The largest absolute Gasteiger partial charge is 0.329 e. The smallest absolute Gasteiger partial charge is 0.0455 e. The van der Waals surface area contributed by atoms with Crippen LogP contribution in [0, 0.1) is 5.41 Å². The zero-order valence-corrected chi connectivity index (χ0v) is 13.3. The first-order valence-electron chi connectivity index (χ1n) is 8.28. The lowest BCUT2D eigenvalue weighted by Crippen LogP contribution is -2.60. The number of piperidine rings is 1. The monoisotopic (exact) mass is 282 g/mol. The molecule has 2 N–H and O–H groups in total. The number of nitrogens with zero attached hydrogens (tertiary/aromatic N) is 1. The Morgan fingerprint density at radius 2 is 1.74 bits per heavy atom. The van der Waals surface area contributed by atoms with E-state index in [0.29, 0.717) is 5.54 Å². The molecule has 0 bridgehead atoms. The van der Waals surface area contributed by atoms with E-state index in [-0.39, 0.29) is 0 Å². The van der Waals surface area contributed by atoms with E-state index in [4.69, 9.17) is 5.73 Å². The summed E-state index contributed by atoms with van der Waals surface area (Å²) in [4.78, 5) is 2.78. The highest BCUT2D eigenvalue weighted by atomic mass is 32.2. The third-order valence-corrected chi connectivity index (χ3v) is 7.76. The Hall–Kier alpha value is 0.270. The van der Waals surface area contributed by atoms with Crippen molar-refractivity contribution in [2.45, 2.75) is 69.1 Å². The zero-order chi connectivity index (χ0) is 13.3. The highest BCUT2D eigenvalue weighted by Gasteiger charge is 2.47. The molecule has 3 aliphatic rings. The minimum atomic E-state index is 0.320. The van der Waals surface area contributed by atoms with Crippen LogP contribution in [0.15, 0.2) is 0 Å². The molecule has 0 aromatic heterocycles. The SMILES string of the molecule is CC1SCCC1(CN)N1CCC2(CCCCC2)CC1. The molecule has 1 saturated carbocycles. The zero-order valence-electron chi connectivity index (χ0n) is 12.5. The fourth-order valence-corrected chi connectivity index (χ4v) is 6.31. The van der Waals surface area contributed by atoms with E-state index in [0.717, 1.165) is 17.2 Å². The molecule has 2 heterocycles. The molecule has 0 aromatic rings. The van der Waals surface area contributed by atoms with Crippen LogP contribution >= 0.6 is 11.8 Å². The molecule has 2 saturated heterocycles. The summed E-state index contributed by atoms with van der Waals surface area (Å²) in [5, 5.41) is 0.720. The first-order chi connectivity index (χ1) is 9.21. The molecule has 2 aliphatic heterocycles. The predicted octanol–water partition coefficient (Wildman–Crippen LogP) is 3.26. The van der Waals surface area contributed by atoms with Crippen molar-refractivity contribution in [2.24, 2.45) is 11.1 Å². The van der Waals surface area contributed by atoms with E-state index in [2.05, 4.69) is 23.6 Å². The normalized spacial score (nSPS) is 39.8. The molecule has 3 fully saturated rings. The van der Waals surface area contributed by atoms with Crippen molar-refractivity contribution in [1.29, 1.82) is 0 Å². The lowest BCUT2D eigenvalue weighted by Gasteiger charge is -2.51. The number of likely N-dealkylation sites (tertiary alicyclic amines) is 1. The molecule has 1 spiro atoms. The highest BCUT2D eigenvalue weighted by molar-refractivity contribution is 8.00. The van der Waals surface area contributed by atoms with E-state index in [9.17, 15) is 0 Å². The lowest BCUT2D eigenvalue weighted by atomic mass is 9.67. The van der Waals surface area contributed by atoms with Gasteiger partial charge in [-0.05, 0) is 56.4 Å². The Bertz CT molecular complexity index is 304. The van der Waals surface area contributed by atoms with Crippen LogP contribution in [0.3, 0.4) is 0 Å². The van der Waals surface area contributed by atoms with Gasteiger partial charge in [-0.1, -0.05) is 26.2 Å². The highest BCUT2D eigenvalue weighted by Crippen LogP contribution is 2.48. The van der Waals surface area contributed by atoms with Crippen LogP contribution < -0.4 is 5.73 Å². The van der Waals surface area contributed by atoms with E-state index < -0.39 is 0 Å². The molecule has 3 heteroatoms. The van der Waals surface area contributed by atoms with Gasteiger partial charge in [0, 0.05) is 17.3 Å². The van der Waals surface area contributed by atoms with Crippen LogP contribution in [-0.4, -0.2) is 41.1 Å². The van der Waals surface area contributed by atoms with Crippen LogP contribution in [0.1, 0.15) is 58.3 Å². The van der Waals surface area contributed by atoms with Gasteiger partial charge in [-0.3, -0.25) is 4.90 Å². The Morgan fingerprint density at radius 3 is 2.26 bits per heavy atom. The molecule has 2 atom stereocenters. The molecule has 0 amide bonds. The van der Waals surface area contributed by atoms with Crippen LogP contribution in [0.4, 0.5) is 0 Å². The Morgan fingerprint density at radius 1 is 1.05 bits per heavy atom. The molecular weight excluding hydrogens is 252 g/mol. The minimum Gasteiger partial charge on any atom is -0.329 e. The summed E-state index contributed by atoms with van der Waals surface area (Å²) in [6, 6.07) is 0. The minimum absolute atomic E-state index is 0.320. The average molecular weight is 282 g/mol. The Kier molecular flexibility index (Phi) is 4.17. The van der Waals surface area contributed by atoms with Gasteiger partial charge < -0.3 is 5.73 Å². The Balaban J connectivity index is 1.66. The maximum Gasteiger partial charge on any atom is 0.0455 e. The summed E-state index contributed by atoms with van der Waals surface area (Å²) in [5.74, 6) is 1.31. The summed E-state index contributed by atoms with van der Waals surface area (Å²) < 4.78 is 0. The number of nitrogens with two attached hydrogens (primary N) is 1. The van der Waals surface area contributed by atoms with E-state index in [1.54, 1.807) is 0 Å². The van der Waals surface area contributed by atoms with Gasteiger partial charge in [0.1, 0.15) is 0 Å². The topological polar surface area (TPSA) is 29.3 Å². The van der Waals surface area contributed by atoms with Crippen molar-refractivity contribution in [3.63, 3.8) is 0 Å². The number of hydrogen-bond donors (Lipinski definition) is 1. The summed E-state index contributed by atoms with van der Waals surface area (Å²) >= 11 is 2.13. The third-order valence-electron chi connectivity index (χ3n) is 6.38. The molecule has 110 valence electrons. The van der Waals surface area contributed by atoms with Gasteiger partial charge in [-0.2, -0.15) is 11.8 Å². The van der Waals surface area contributed by atoms with Gasteiger partial charge in [0.05, 0.1) is 0 Å². The number of thioether (sulfide) groups is 1. The molecule has 0 radical (unpaired) electrons. The van der Waals surface area contributed by atoms with Gasteiger partial charge in [0.15, 0.2) is 0 Å². The number of hydrogen-bond acceptors (Lipinski definition) is 3. The molecule has 2 nitrogen and oxygen atoms in total. The summed E-state index contributed by atoms with van der Waals surface area (Å²) in [5.41, 5.74) is 7.25. The van der Waals surface area contributed by atoms with Crippen molar-refractivity contribution >= 4 is 11.8 Å². The lowest BCUT2D eigenvalue weighted by molar-refractivity contribution is 0.00571. The molecule has 0 aromatic carbocycles. The first-order valence-corrected chi connectivity index (χ1v) is 9.32. The van der Waals surface area contributed by atoms with Crippen molar-refractivity contribution in [2.75, 3.05) is 25.4 Å². The van der Waals surface area contributed by atoms with Crippen molar-refractivity contribution in [3.8, 4) is 0 Å². The van der Waals surface area contributed by atoms with E-state index >= 15 is 0 Å². The summed E-state index contributed by atoms with van der Waals surface area (Å²) in [7, 11) is 0. The summed E-state index contributed by atoms with van der Waals surface area (Å²) in [6.45, 7) is 5.87. The standard InChI is InChI=1S/C16H30N2S/c1-14-16(13-17,9-12-19-14)18-10-7-15(8-11-18)5-3-2-4-6-15/h14H,2-13,17H2,1H3. The second-order valence-corrected chi connectivity index (χ2v) is 8.57. The van der Waals surface area contributed by atoms with Crippen molar-refractivity contribution in [3.05, 3.63) is 0 Å². The van der Waals surface area contributed by atoms with Gasteiger partial charge in [0.2, 0.25) is 0 Å². The van der Waals surface area contributed by atoms with Crippen LogP contribution in [0.2, 0.25) is 0 Å². The third kappa shape index (κ3) is 2.47. The van der Waals surface area contributed by atoms with Crippen LogP contribution in [-0.2, 0) is 0 Å². The fraction of sp³-hybridized carbons (Fsp3) is 1.00. The molecular formula is C16H30N2S. The second kappa shape index (κ2) is 5.57. The quantitative estimate of drug-likeness (QED) is 0.843.